The molecule has 12 nitrogen and oxygen atoms in total. The Hall–Kier alpha value is -3.18. The summed E-state index contributed by atoms with van der Waals surface area (Å²) in [5.74, 6) is -2.80. The van der Waals surface area contributed by atoms with Crippen molar-refractivity contribution in [2.24, 2.45) is 39.7 Å². The number of nitrogens with two attached hydrogens (primary N) is 1. The van der Waals surface area contributed by atoms with Gasteiger partial charge in [-0.3, -0.25) is 24.0 Å². The van der Waals surface area contributed by atoms with Crippen LogP contribution in [0.5, 0.6) is 0 Å². The van der Waals surface area contributed by atoms with Crippen molar-refractivity contribution in [3.8, 4) is 0 Å². The van der Waals surface area contributed by atoms with Gasteiger partial charge in [-0.2, -0.15) is 0 Å². The Balaban J connectivity index is 1.77. The van der Waals surface area contributed by atoms with E-state index in [4.69, 9.17) is 5.73 Å². The quantitative estimate of drug-likeness (QED) is 0.278. The number of likely N-dealkylation sites (N-methyl/N-ethyl adjacent to an activating group) is 1. The number of hydrogen-bond donors (Lipinski definition) is 4. The molecule has 41 heavy (non-hydrogen) atoms. The summed E-state index contributed by atoms with van der Waals surface area (Å²) in [5, 5.41) is 8.08. The van der Waals surface area contributed by atoms with Gasteiger partial charge in [0.15, 0.2) is 0 Å². The lowest BCUT2D eigenvalue weighted by molar-refractivity contribution is -0.144. The van der Waals surface area contributed by atoms with Gasteiger partial charge in [0.25, 0.3) is 5.91 Å². The summed E-state index contributed by atoms with van der Waals surface area (Å²) in [7, 11) is 1.74. The molecule has 5 N–H and O–H groups in total. The second-order valence-electron chi connectivity index (χ2n) is 14.8. The lowest BCUT2D eigenvalue weighted by atomic mass is 9.84. The molecule has 2 aliphatic carbocycles. The third-order valence-electron chi connectivity index (χ3n) is 8.84. The van der Waals surface area contributed by atoms with E-state index in [1.807, 2.05) is 55.4 Å². The molecular weight excluding hydrogens is 528 g/mol. The molecule has 3 rings (SSSR count). The highest BCUT2D eigenvalue weighted by atomic mass is 16.2. The SMILES string of the molecule is CN(CC1CC1)C(=O)[C@@H](NC(=O)N[C@H](C(=O)N1C[C@H]2[C@@H]([C@H]1C(=O)NCC(=O)C(N)=O)C2(C)C)C(C)(C)C)C(C)(C)C. The van der Waals surface area contributed by atoms with Crippen molar-refractivity contribution < 1.29 is 28.8 Å². The number of carbonyl (C=O) groups is 6. The Morgan fingerprint density at radius 3 is 1.98 bits per heavy atom. The topological polar surface area (TPSA) is 171 Å². The molecule has 0 aromatic carbocycles. The van der Waals surface area contributed by atoms with Crippen LogP contribution in [0.1, 0.15) is 68.2 Å². The van der Waals surface area contributed by atoms with Gasteiger partial charge in [0.05, 0.1) is 6.54 Å². The van der Waals surface area contributed by atoms with Crippen molar-refractivity contribution >= 4 is 35.4 Å². The lowest BCUT2D eigenvalue weighted by Gasteiger charge is -2.38. The number of nitrogens with one attached hydrogen (secondary N) is 3. The number of ketones is 1. The maximum Gasteiger partial charge on any atom is 0.316 e. The highest BCUT2D eigenvalue weighted by Gasteiger charge is 2.69. The summed E-state index contributed by atoms with van der Waals surface area (Å²) in [6.45, 7) is 15.5. The first kappa shape index (κ1) is 32.3. The number of likely N-dealkylation sites (tertiary alicyclic amines) is 1. The van der Waals surface area contributed by atoms with Gasteiger partial charge in [-0.15, -0.1) is 0 Å². The summed E-state index contributed by atoms with van der Waals surface area (Å²) in [6, 6.07) is -3.34. The van der Waals surface area contributed by atoms with E-state index in [-0.39, 0.29) is 23.2 Å². The highest BCUT2D eigenvalue weighted by molar-refractivity contribution is 6.36. The van der Waals surface area contributed by atoms with Crippen molar-refractivity contribution in [1.82, 2.24) is 25.8 Å². The van der Waals surface area contributed by atoms with E-state index in [0.29, 0.717) is 19.0 Å². The molecule has 0 radical (unpaired) electrons. The van der Waals surface area contributed by atoms with E-state index in [2.05, 4.69) is 16.0 Å². The molecule has 3 aliphatic rings. The zero-order chi connectivity index (χ0) is 31.2. The minimum absolute atomic E-state index is 0.0772. The standard InChI is InChI=1S/C29H48N6O6/c1-27(2,3)20(24(39)34(9)13-15-10-11-15)32-26(41)33-21(28(4,5)6)25(40)35-14-16-18(29(16,7)8)19(35)23(38)31-12-17(36)22(30)37/h15-16,18-21H,10-14H2,1-9H3,(H2,30,37)(H,31,38)(H2,32,33,41)/t16-,18-,19-,20+,21+/m0/s1. The maximum atomic E-state index is 14.0. The van der Waals surface area contributed by atoms with E-state index in [0.717, 1.165) is 12.8 Å². The van der Waals surface area contributed by atoms with Crippen molar-refractivity contribution in [3.05, 3.63) is 0 Å². The van der Waals surface area contributed by atoms with Crippen LogP contribution >= 0.6 is 0 Å². The maximum absolute atomic E-state index is 14.0. The number of hydrogen-bond acceptors (Lipinski definition) is 6. The average molecular weight is 577 g/mol. The second-order valence-corrected chi connectivity index (χ2v) is 14.8. The molecule has 5 atom stereocenters. The molecule has 1 aliphatic heterocycles. The fourth-order valence-corrected chi connectivity index (χ4v) is 5.94. The Morgan fingerprint density at radius 1 is 0.951 bits per heavy atom. The molecular formula is C29H48N6O6. The Labute approximate surface area is 242 Å². The summed E-state index contributed by atoms with van der Waals surface area (Å²) < 4.78 is 0. The van der Waals surface area contributed by atoms with Gasteiger partial charge in [0, 0.05) is 20.1 Å². The second kappa shape index (κ2) is 11.2. The molecule has 1 saturated heterocycles. The van der Waals surface area contributed by atoms with E-state index in [1.165, 1.54) is 4.90 Å². The number of rotatable bonds is 10. The fourth-order valence-electron chi connectivity index (χ4n) is 5.94. The van der Waals surface area contributed by atoms with Gasteiger partial charge in [-0.1, -0.05) is 55.4 Å². The van der Waals surface area contributed by atoms with Gasteiger partial charge < -0.3 is 31.5 Å². The molecule has 0 spiro atoms. The first-order valence-electron chi connectivity index (χ1n) is 14.4. The van der Waals surface area contributed by atoms with Crippen LogP contribution in [-0.4, -0.2) is 90.1 Å². The van der Waals surface area contributed by atoms with E-state index >= 15 is 0 Å². The summed E-state index contributed by atoms with van der Waals surface area (Å²) >= 11 is 0. The number of urea groups is 1. The number of amides is 6. The van der Waals surface area contributed by atoms with Crippen LogP contribution in [0.15, 0.2) is 0 Å². The lowest BCUT2D eigenvalue weighted by Crippen LogP contribution is -2.63. The Bertz CT molecular complexity index is 1100. The average Bonchev–Trinajstić information content (AvgIpc) is 3.69. The summed E-state index contributed by atoms with van der Waals surface area (Å²) in [6.07, 6.45) is 2.19. The Morgan fingerprint density at radius 2 is 1.49 bits per heavy atom. The number of Topliss-reactive ketones (excluding diaryl/α,β-unsaturated/α-hetero) is 1. The summed E-state index contributed by atoms with van der Waals surface area (Å²) in [4.78, 5) is 79.9. The first-order valence-corrected chi connectivity index (χ1v) is 14.4. The summed E-state index contributed by atoms with van der Waals surface area (Å²) in [5.41, 5.74) is 3.52. The van der Waals surface area contributed by atoms with Gasteiger partial charge in [-0.25, -0.2) is 4.79 Å². The predicted molar refractivity (Wildman–Crippen MR) is 152 cm³/mol. The van der Waals surface area contributed by atoms with Crippen molar-refractivity contribution in [1.29, 1.82) is 0 Å². The van der Waals surface area contributed by atoms with Crippen LogP contribution in [-0.2, 0) is 24.0 Å². The smallest absolute Gasteiger partial charge is 0.316 e. The van der Waals surface area contributed by atoms with Crippen molar-refractivity contribution in [2.45, 2.75) is 86.4 Å². The van der Waals surface area contributed by atoms with Crippen LogP contribution in [0.25, 0.3) is 0 Å². The molecule has 3 fully saturated rings. The fraction of sp³-hybridized carbons (Fsp3) is 0.793. The predicted octanol–water partition coefficient (Wildman–Crippen LogP) is 0.637. The van der Waals surface area contributed by atoms with Crippen molar-refractivity contribution in [3.63, 3.8) is 0 Å². The van der Waals surface area contributed by atoms with Crippen LogP contribution in [0.4, 0.5) is 4.79 Å². The largest absolute Gasteiger partial charge is 0.363 e. The molecule has 0 aromatic heterocycles. The van der Waals surface area contributed by atoms with E-state index < -0.39 is 65.0 Å². The van der Waals surface area contributed by atoms with Crippen molar-refractivity contribution in [2.75, 3.05) is 26.7 Å². The van der Waals surface area contributed by atoms with Crippen LogP contribution in [0.2, 0.25) is 0 Å². The molecule has 0 bridgehead atoms. The van der Waals surface area contributed by atoms with Gasteiger partial charge in [-0.05, 0) is 46.8 Å². The normalized spacial score (nSPS) is 24.4. The van der Waals surface area contributed by atoms with Gasteiger partial charge in [0.1, 0.15) is 18.1 Å². The minimum Gasteiger partial charge on any atom is -0.363 e. The third-order valence-corrected chi connectivity index (χ3v) is 8.84. The Kier molecular flexibility index (Phi) is 8.87. The molecule has 0 unspecified atom stereocenters. The molecule has 2 saturated carbocycles. The molecule has 6 amide bonds. The number of fused-ring (bicyclic) bond motifs is 1. The molecule has 230 valence electrons. The molecule has 12 heteroatoms. The van der Waals surface area contributed by atoms with Crippen LogP contribution in [0.3, 0.4) is 0 Å². The molecule has 0 aromatic rings. The number of primary amides is 1. The molecule has 1 heterocycles. The number of carbonyl (C=O) groups excluding carboxylic acids is 6. The van der Waals surface area contributed by atoms with E-state index in [9.17, 15) is 28.8 Å². The number of piperidine rings is 1. The first-order chi connectivity index (χ1) is 18.7. The van der Waals surface area contributed by atoms with Crippen LogP contribution in [0, 0.1) is 34.0 Å². The minimum atomic E-state index is -1.15. The highest BCUT2D eigenvalue weighted by Crippen LogP contribution is 2.65. The van der Waals surface area contributed by atoms with Gasteiger partial charge >= 0.3 is 6.03 Å². The zero-order valence-corrected chi connectivity index (χ0v) is 25.9. The van der Waals surface area contributed by atoms with E-state index in [1.54, 1.807) is 11.9 Å². The van der Waals surface area contributed by atoms with Crippen LogP contribution < -0.4 is 21.7 Å². The zero-order valence-electron chi connectivity index (χ0n) is 25.9. The number of nitrogens with zero attached hydrogens (tertiary/aromatic N) is 2. The van der Waals surface area contributed by atoms with Gasteiger partial charge in [0.2, 0.25) is 23.5 Å². The monoisotopic (exact) mass is 576 g/mol. The third kappa shape index (κ3) is 7.19.